The zero-order chi connectivity index (χ0) is 89.2. The largest absolute Gasteiger partial charge is 0.490 e. The van der Waals surface area contributed by atoms with Gasteiger partial charge in [0.1, 0.15) is 42.5 Å². The number of nitrogens with two attached hydrogens (primary N) is 2. The summed E-state index contributed by atoms with van der Waals surface area (Å²) >= 11 is 0. The number of nitrogens with zero attached hydrogens (tertiary/aromatic N) is 6. The SMILES string of the molecule is CC(C)(C)[C@H](c1cc(-c2cc(F)ccc2F)cn1Cc1ccccc1)N(C(=O)CO)C(=O)C[C@H](N)C(=O)NCCCC(=O)CN1C(=O)C=CC1=O.CC(C)(C)[C@H](c1cc(-c2cc(F)ccc2F)cn1Cc1ccccc1)N(C(=O)CO)C(=O)C[C@H](NC(=O)OCC[Si](C)(C)C)C(=O)O.NCCCC(=O)CN1C(=O)C=CC1=O.O=C(O)C(F)(F)F. The number of carbonyl (C=O) groups is 14. The predicted octanol–water partition coefficient (Wildman–Crippen LogP) is 8.70. The van der Waals surface area contributed by atoms with E-state index in [0.29, 0.717) is 42.4 Å². The Kier molecular flexibility index (Phi) is 36.1. The third kappa shape index (κ3) is 29.9. The highest BCUT2D eigenvalue weighted by Gasteiger charge is 2.44. The number of alkyl carbamates (subject to hydrolysis) is 1. The number of amides is 10. The van der Waals surface area contributed by atoms with Gasteiger partial charge in [0.2, 0.25) is 17.7 Å². The van der Waals surface area contributed by atoms with Gasteiger partial charge in [0, 0.05) is 111 Å². The summed E-state index contributed by atoms with van der Waals surface area (Å²) in [6.07, 6.45) is 1.14. The minimum atomic E-state index is -5.08. The molecule has 4 atom stereocenters. The van der Waals surface area contributed by atoms with Gasteiger partial charge < -0.3 is 56.4 Å². The Morgan fingerprint density at radius 1 is 0.555 bits per heavy atom. The molecule has 29 nitrogen and oxygen atoms in total. The Balaban J connectivity index is 0.000000341. The molecule has 0 radical (unpaired) electrons. The van der Waals surface area contributed by atoms with E-state index in [2.05, 4.69) is 30.3 Å². The highest BCUT2D eigenvalue weighted by Crippen LogP contribution is 2.44. The minimum Gasteiger partial charge on any atom is -0.480 e. The van der Waals surface area contributed by atoms with Gasteiger partial charge in [-0.05, 0) is 95.9 Å². The number of hydrogen-bond acceptors (Lipinski definition) is 19. The molecule has 642 valence electrons. The Bertz CT molecular complexity index is 4690. The second kappa shape index (κ2) is 44.0. The molecule has 6 aromatic rings. The Morgan fingerprint density at radius 3 is 1.29 bits per heavy atom. The van der Waals surface area contributed by atoms with Crippen LogP contribution in [-0.2, 0) is 80.2 Å². The highest BCUT2D eigenvalue weighted by molar-refractivity contribution is 6.76. The van der Waals surface area contributed by atoms with Crippen molar-refractivity contribution in [3.05, 3.63) is 192 Å². The number of alkyl halides is 3. The lowest BCUT2D eigenvalue weighted by Crippen LogP contribution is -2.50. The molecule has 8 rings (SSSR count). The number of Topliss-reactive ketones (excluding diaryl/α,β-unsaturated/α-hetero) is 2. The molecule has 0 unspecified atom stereocenters. The Hall–Kier alpha value is -11.9. The summed E-state index contributed by atoms with van der Waals surface area (Å²) in [6.45, 7) is 15.1. The van der Waals surface area contributed by atoms with Crippen LogP contribution < -0.4 is 22.1 Å². The number of ketones is 2. The van der Waals surface area contributed by atoms with Crippen LogP contribution in [-0.4, -0.2) is 204 Å². The van der Waals surface area contributed by atoms with Crippen LogP contribution in [0.2, 0.25) is 25.7 Å². The summed E-state index contributed by atoms with van der Waals surface area (Å²) in [4.78, 5) is 173. The van der Waals surface area contributed by atoms with Crippen molar-refractivity contribution in [2.45, 2.75) is 149 Å². The fourth-order valence-electron chi connectivity index (χ4n) is 12.1. The number of imide groups is 4. The third-order valence-electron chi connectivity index (χ3n) is 17.9. The van der Waals surface area contributed by atoms with E-state index in [0.717, 1.165) is 79.3 Å². The van der Waals surface area contributed by atoms with Gasteiger partial charge in [0.25, 0.3) is 35.4 Å². The number of benzene rings is 4. The van der Waals surface area contributed by atoms with Crippen molar-refractivity contribution in [2.24, 2.45) is 22.3 Å². The number of carboxylic acids is 2. The molecule has 0 saturated carbocycles. The molecular weight excluding hydrogens is 1590 g/mol. The van der Waals surface area contributed by atoms with Crippen LogP contribution in [0.5, 0.6) is 0 Å². The van der Waals surface area contributed by atoms with Crippen LogP contribution >= 0.6 is 0 Å². The van der Waals surface area contributed by atoms with Crippen molar-refractivity contribution >= 4 is 90.8 Å². The number of ether oxygens (including phenoxy) is 1. The first-order valence-electron chi connectivity index (χ1n) is 37.2. The molecule has 0 bridgehead atoms. The van der Waals surface area contributed by atoms with Crippen LogP contribution in [0.4, 0.5) is 35.5 Å². The van der Waals surface area contributed by atoms with E-state index in [4.69, 9.17) is 26.1 Å². The van der Waals surface area contributed by atoms with E-state index in [1.807, 2.05) is 60.7 Å². The number of aromatic nitrogens is 2. The van der Waals surface area contributed by atoms with Crippen molar-refractivity contribution in [1.29, 1.82) is 0 Å². The van der Waals surface area contributed by atoms with Crippen LogP contribution in [0.15, 0.2) is 146 Å². The maximum Gasteiger partial charge on any atom is 0.490 e. The standard InChI is InChI=1S/C37H41F2N5O7.C34H43F2N3O7Si.C9H12N2O3.C2HF3O2/c1-37(2,3)35(30-16-24(27-17-25(38)11-12-28(27)39)20-42(30)19-23-8-5-4-6-9-23)44(34(50)22-45)33(49)18-29(40)36(51)41-15-7-10-26(46)21-43-31(47)13-14-32(43)48;1-34(2,3)31(39(30(42)21-40)29(41)18-27(32(43)44)37-33(45)46-14-15-47(4,5)6)28-16-23(25-17-24(35)12-13-26(25)36)20-38(28)19-22-10-8-7-9-11-22;10-5-1-2-7(12)6-11-8(13)3-4-9(11)14;3-2(4,5)1(6)7/h4-6,8-9,11-14,16-17,20,29,35,45H,7,10,15,18-19,21-22,40H2,1-3H3,(H,41,51);7-13,16-17,20,27,31,40H,14-15,18-19,21H2,1-6H3,(H,37,45)(H,43,44);3-4H,1-2,5-6,10H2;(H,6,7)/t29-,35-;27-,31-;;/m00../s1. The lowest BCUT2D eigenvalue weighted by atomic mass is 9.82. The molecule has 4 aromatic carbocycles. The Labute approximate surface area is 681 Å². The third-order valence-corrected chi connectivity index (χ3v) is 19.6. The van der Waals surface area contributed by atoms with Gasteiger partial charge in [-0.25, -0.2) is 31.9 Å². The molecule has 0 aliphatic carbocycles. The topological polar surface area (TPSA) is 428 Å². The highest BCUT2D eigenvalue weighted by atomic mass is 28.3. The van der Waals surface area contributed by atoms with E-state index in [1.165, 1.54) is 12.2 Å². The number of aliphatic hydroxyl groups is 2. The second-order valence-corrected chi connectivity index (χ2v) is 36.4. The van der Waals surface area contributed by atoms with Crippen molar-refractivity contribution < 1.29 is 123 Å². The number of rotatable bonds is 33. The average Bonchev–Trinajstić information content (AvgIpc) is 1.64. The number of aliphatic hydroxyl groups excluding tert-OH is 2. The molecule has 10 N–H and O–H groups in total. The summed E-state index contributed by atoms with van der Waals surface area (Å²) in [5.74, 6) is -14.0. The fraction of sp³-hybridized carbons (Fsp3) is 0.390. The summed E-state index contributed by atoms with van der Waals surface area (Å²) in [5.41, 5.74) is 12.4. The van der Waals surface area contributed by atoms with Crippen molar-refractivity contribution in [3.8, 4) is 22.3 Å². The summed E-state index contributed by atoms with van der Waals surface area (Å²) in [6, 6.07) is 22.9. The van der Waals surface area contributed by atoms with Gasteiger partial charge in [-0.2, -0.15) is 13.2 Å². The monoisotopic (exact) mass is 1690 g/mol. The minimum absolute atomic E-state index is 0.00290. The molecule has 4 heterocycles. The molecular formula is C82H97F7N10O19Si. The van der Waals surface area contributed by atoms with Gasteiger partial charge in [0.15, 0.2) is 11.6 Å². The van der Waals surface area contributed by atoms with Gasteiger partial charge in [-0.15, -0.1) is 0 Å². The van der Waals surface area contributed by atoms with Crippen molar-refractivity contribution in [2.75, 3.05) is 46.0 Å². The van der Waals surface area contributed by atoms with Crippen LogP contribution in [0.3, 0.4) is 0 Å². The molecule has 0 saturated heterocycles. The smallest absolute Gasteiger partial charge is 0.480 e. The van der Waals surface area contributed by atoms with Crippen LogP contribution in [0.25, 0.3) is 22.3 Å². The van der Waals surface area contributed by atoms with E-state index in [-0.39, 0.29) is 80.4 Å². The summed E-state index contributed by atoms with van der Waals surface area (Å²) in [7, 11) is -1.55. The first-order valence-corrected chi connectivity index (χ1v) is 40.9. The first kappa shape index (κ1) is 97.6. The molecule has 119 heavy (non-hydrogen) atoms. The molecule has 2 aliphatic rings. The maximum atomic E-state index is 15.0. The van der Waals surface area contributed by atoms with Crippen LogP contribution in [0, 0.1) is 34.1 Å². The van der Waals surface area contributed by atoms with Crippen molar-refractivity contribution in [3.63, 3.8) is 0 Å². The van der Waals surface area contributed by atoms with E-state index < -0.39 is 170 Å². The quantitative estimate of drug-likeness (QED) is 0.00826. The predicted molar refractivity (Wildman–Crippen MR) is 420 cm³/mol. The van der Waals surface area contributed by atoms with Gasteiger partial charge in [-0.1, -0.05) is 122 Å². The molecule has 2 aromatic heterocycles. The summed E-state index contributed by atoms with van der Waals surface area (Å²) < 4.78 is 98.8. The second-order valence-electron chi connectivity index (χ2n) is 30.8. The van der Waals surface area contributed by atoms with Gasteiger partial charge >= 0.3 is 24.2 Å². The number of halogens is 7. The van der Waals surface area contributed by atoms with E-state index in [1.54, 1.807) is 75.2 Å². The fourth-order valence-corrected chi connectivity index (χ4v) is 12.8. The molecule has 2 aliphatic heterocycles. The Morgan fingerprint density at radius 2 is 0.941 bits per heavy atom. The zero-order valence-electron chi connectivity index (χ0n) is 66.9. The molecule has 0 fully saturated rings. The van der Waals surface area contributed by atoms with Crippen LogP contribution in [0.1, 0.15) is 115 Å². The first-order chi connectivity index (χ1) is 55.6. The lowest BCUT2D eigenvalue weighted by Gasteiger charge is -2.39. The number of carbonyl (C=O) groups excluding carboxylic acids is 12. The van der Waals surface area contributed by atoms with Gasteiger partial charge in [-0.3, -0.25) is 72.3 Å². The average molecular weight is 1690 g/mol. The number of nitrogens with one attached hydrogen (secondary N) is 2. The molecule has 37 heteroatoms. The zero-order valence-corrected chi connectivity index (χ0v) is 67.9. The number of hydrogen-bond donors (Lipinski definition) is 8. The van der Waals surface area contributed by atoms with Crippen molar-refractivity contribution in [1.82, 2.24) is 39.4 Å². The molecule has 0 spiro atoms. The normalized spacial score (nSPS) is 13.6. The maximum absolute atomic E-state index is 15.0. The summed E-state index contributed by atoms with van der Waals surface area (Å²) in [5, 5.41) is 41.7. The van der Waals surface area contributed by atoms with E-state index >= 15 is 0 Å². The molecule has 10 amide bonds. The van der Waals surface area contributed by atoms with Gasteiger partial charge in [0.05, 0.1) is 50.7 Å². The number of aliphatic carboxylic acids is 2. The van der Waals surface area contributed by atoms with E-state index in [9.17, 15) is 108 Å². The number of carboxylic acid groups (broad SMARTS) is 2. The lowest BCUT2D eigenvalue weighted by molar-refractivity contribution is -0.192.